The Labute approximate surface area is 134 Å². The first-order valence-corrected chi connectivity index (χ1v) is 7.47. The lowest BCUT2D eigenvalue weighted by molar-refractivity contribution is -0.170. The van der Waals surface area contributed by atoms with Crippen LogP contribution in [0.2, 0.25) is 0 Å². The summed E-state index contributed by atoms with van der Waals surface area (Å²) < 4.78 is 65.4. The second-order valence-corrected chi connectivity index (χ2v) is 6.27. The Morgan fingerprint density at radius 3 is 2.78 bits per heavy atom. The second kappa shape index (κ2) is 7.10. The van der Waals surface area contributed by atoms with E-state index >= 15 is 0 Å². The van der Waals surface area contributed by atoms with Crippen molar-refractivity contribution in [1.29, 1.82) is 0 Å². The number of rotatable bonds is 5. The predicted molar refractivity (Wildman–Crippen MR) is 76.7 cm³/mol. The van der Waals surface area contributed by atoms with Crippen molar-refractivity contribution >= 4 is 17.9 Å². The molecule has 130 valence electrons. The van der Waals surface area contributed by atoms with E-state index in [0.717, 1.165) is 12.1 Å². The molecule has 0 spiro atoms. The van der Waals surface area contributed by atoms with Crippen molar-refractivity contribution in [1.82, 2.24) is 4.98 Å². The number of halogens is 4. The van der Waals surface area contributed by atoms with Crippen LogP contribution in [-0.2, 0) is 9.47 Å². The molecule has 2 rings (SSSR count). The molecule has 1 atom stereocenters. The third kappa shape index (κ3) is 6.04. The number of nitrogens with zero attached hydrogens (tertiary/aromatic N) is 1. The molecular formula is C13H16F4N2O3S. The largest absolute Gasteiger partial charge is 0.479 e. The van der Waals surface area contributed by atoms with E-state index in [1.807, 2.05) is 13.8 Å². The number of nitrogens with one attached hydrogen (secondary N) is 1. The molecule has 1 aliphatic rings. The van der Waals surface area contributed by atoms with E-state index in [-0.39, 0.29) is 29.9 Å². The summed E-state index contributed by atoms with van der Waals surface area (Å²) in [4.78, 5) is 3.66. The summed E-state index contributed by atoms with van der Waals surface area (Å²) in [6, 6.07) is 1.99. The van der Waals surface area contributed by atoms with Gasteiger partial charge in [0.25, 0.3) is 0 Å². The third-order valence-electron chi connectivity index (χ3n) is 2.87. The standard InChI is InChI=1S/C13H16F4N2O3S/c1-12(2)7-20-8(6-21-12)5-18-11-9(14)3-4-10(19-11)22-23-13(15,16)17/h3-4,8H,5-7H2,1-2H3,(H,18,19). The van der Waals surface area contributed by atoms with Gasteiger partial charge in [-0.05, 0) is 19.9 Å². The van der Waals surface area contributed by atoms with Gasteiger partial charge in [0.2, 0.25) is 5.88 Å². The van der Waals surface area contributed by atoms with Crippen molar-refractivity contribution in [2.24, 2.45) is 0 Å². The molecule has 1 N–H and O–H groups in total. The van der Waals surface area contributed by atoms with E-state index in [1.165, 1.54) is 0 Å². The van der Waals surface area contributed by atoms with Gasteiger partial charge in [0.05, 0.1) is 24.9 Å². The highest BCUT2D eigenvalue weighted by Gasteiger charge is 2.32. The Kier molecular flexibility index (Phi) is 5.58. The second-order valence-electron chi connectivity index (χ2n) is 5.48. The van der Waals surface area contributed by atoms with Crippen LogP contribution in [-0.4, -0.2) is 42.0 Å². The minimum absolute atomic E-state index is 0.204. The van der Waals surface area contributed by atoms with Crippen molar-refractivity contribution in [3.63, 3.8) is 0 Å². The predicted octanol–water partition coefficient (Wildman–Crippen LogP) is 3.37. The van der Waals surface area contributed by atoms with Gasteiger partial charge in [0.1, 0.15) is 0 Å². The first-order chi connectivity index (χ1) is 10.6. The Morgan fingerprint density at radius 2 is 2.17 bits per heavy atom. The molecule has 5 nitrogen and oxygen atoms in total. The van der Waals surface area contributed by atoms with E-state index in [2.05, 4.69) is 14.5 Å². The van der Waals surface area contributed by atoms with E-state index in [1.54, 1.807) is 0 Å². The first-order valence-electron chi connectivity index (χ1n) is 6.73. The average Bonchev–Trinajstić information content (AvgIpc) is 2.45. The summed E-state index contributed by atoms with van der Waals surface area (Å²) in [6.45, 7) is 4.69. The Balaban J connectivity index is 1.89. The SMILES string of the molecule is CC1(C)COC(CNc2nc(OSC(F)(F)F)ccc2F)CO1. The quantitative estimate of drug-likeness (QED) is 0.645. The summed E-state index contributed by atoms with van der Waals surface area (Å²) in [5.74, 6) is -1.26. The van der Waals surface area contributed by atoms with Crippen molar-refractivity contribution in [2.45, 2.75) is 31.1 Å². The normalized spacial score (nSPS) is 21.0. The number of pyridine rings is 1. The molecule has 1 aromatic rings. The molecule has 1 aliphatic heterocycles. The minimum Gasteiger partial charge on any atom is -0.397 e. The summed E-state index contributed by atoms with van der Waals surface area (Å²) >= 11 is -0.710. The third-order valence-corrected chi connectivity index (χ3v) is 3.31. The van der Waals surface area contributed by atoms with Crippen LogP contribution in [0.1, 0.15) is 13.8 Å². The zero-order chi connectivity index (χ0) is 17.1. The van der Waals surface area contributed by atoms with E-state index in [9.17, 15) is 17.6 Å². The fourth-order valence-electron chi connectivity index (χ4n) is 1.74. The Morgan fingerprint density at radius 1 is 1.43 bits per heavy atom. The van der Waals surface area contributed by atoms with Gasteiger partial charge in [-0.15, -0.1) is 0 Å². The summed E-state index contributed by atoms with van der Waals surface area (Å²) in [7, 11) is 0. The number of anilines is 1. The molecule has 0 aromatic carbocycles. The molecule has 0 bridgehead atoms. The number of alkyl halides is 3. The van der Waals surface area contributed by atoms with E-state index in [0.29, 0.717) is 13.2 Å². The lowest BCUT2D eigenvalue weighted by Gasteiger charge is -2.35. The van der Waals surface area contributed by atoms with Crippen LogP contribution in [0.15, 0.2) is 12.1 Å². The van der Waals surface area contributed by atoms with Gasteiger partial charge < -0.3 is 19.0 Å². The van der Waals surface area contributed by atoms with Gasteiger partial charge in [-0.1, -0.05) is 0 Å². The number of aromatic nitrogens is 1. The number of ether oxygens (including phenoxy) is 2. The van der Waals surface area contributed by atoms with Gasteiger partial charge in [-0.2, -0.15) is 18.2 Å². The highest BCUT2D eigenvalue weighted by atomic mass is 32.2. The Bertz CT molecular complexity index is 532. The zero-order valence-corrected chi connectivity index (χ0v) is 13.3. The molecule has 1 fully saturated rings. The van der Waals surface area contributed by atoms with Crippen molar-refractivity contribution in [3.8, 4) is 5.88 Å². The molecule has 0 radical (unpaired) electrons. The topological polar surface area (TPSA) is 52.6 Å². The highest BCUT2D eigenvalue weighted by Crippen LogP contribution is 2.32. The van der Waals surface area contributed by atoms with Crippen molar-refractivity contribution in [3.05, 3.63) is 17.9 Å². The number of hydrogen-bond acceptors (Lipinski definition) is 6. The summed E-state index contributed by atoms with van der Waals surface area (Å²) in [5, 5.41) is 2.69. The average molecular weight is 356 g/mol. The maximum absolute atomic E-state index is 13.6. The molecule has 0 amide bonds. The molecule has 2 heterocycles. The maximum Gasteiger partial charge on any atom is 0.479 e. The molecule has 1 aromatic heterocycles. The van der Waals surface area contributed by atoms with Gasteiger partial charge in [0, 0.05) is 12.6 Å². The molecule has 23 heavy (non-hydrogen) atoms. The first kappa shape index (κ1) is 18.1. The maximum atomic E-state index is 13.6. The van der Waals surface area contributed by atoms with Crippen LogP contribution in [0.5, 0.6) is 5.88 Å². The van der Waals surface area contributed by atoms with Crippen LogP contribution in [0.3, 0.4) is 0 Å². The lowest BCUT2D eigenvalue weighted by Crippen LogP contribution is -2.44. The van der Waals surface area contributed by atoms with Crippen LogP contribution in [0.4, 0.5) is 23.4 Å². The summed E-state index contributed by atoms with van der Waals surface area (Å²) in [5.41, 5.74) is -4.94. The highest BCUT2D eigenvalue weighted by molar-refractivity contribution is 7.95. The smallest absolute Gasteiger partial charge is 0.397 e. The minimum atomic E-state index is -4.57. The molecule has 1 unspecified atom stereocenters. The molecule has 1 saturated heterocycles. The fraction of sp³-hybridized carbons (Fsp3) is 0.615. The zero-order valence-electron chi connectivity index (χ0n) is 12.4. The Hall–Kier alpha value is -1.26. The molecule has 0 aliphatic carbocycles. The van der Waals surface area contributed by atoms with Gasteiger partial charge in [-0.3, -0.25) is 0 Å². The fourth-order valence-corrected chi connectivity index (χ4v) is 2.01. The lowest BCUT2D eigenvalue weighted by atomic mass is 10.1. The van der Waals surface area contributed by atoms with Crippen LogP contribution in [0.25, 0.3) is 0 Å². The molecule has 0 saturated carbocycles. The monoisotopic (exact) mass is 356 g/mol. The number of hydrogen-bond donors (Lipinski definition) is 1. The van der Waals surface area contributed by atoms with E-state index in [4.69, 9.17) is 9.47 Å². The van der Waals surface area contributed by atoms with E-state index < -0.39 is 23.4 Å². The van der Waals surface area contributed by atoms with Gasteiger partial charge in [0.15, 0.2) is 23.7 Å². The van der Waals surface area contributed by atoms with Crippen molar-refractivity contribution in [2.75, 3.05) is 25.1 Å². The van der Waals surface area contributed by atoms with Crippen LogP contribution in [0, 0.1) is 5.82 Å². The summed E-state index contributed by atoms with van der Waals surface area (Å²) in [6.07, 6.45) is -0.307. The van der Waals surface area contributed by atoms with Crippen LogP contribution >= 0.6 is 12.0 Å². The molecular weight excluding hydrogens is 340 g/mol. The van der Waals surface area contributed by atoms with Crippen molar-refractivity contribution < 1.29 is 31.2 Å². The molecule has 10 heteroatoms. The van der Waals surface area contributed by atoms with Crippen LogP contribution < -0.4 is 9.50 Å². The van der Waals surface area contributed by atoms with Gasteiger partial charge >= 0.3 is 5.51 Å². The van der Waals surface area contributed by atoms with Gasteiger partial charge in [-0.25, -0.2) is 4.39 Å².